The highest BCUT2D eigenvalue weighted by molar-refractivity contribution is 5.84. The van der Waals surface area contributed by atoms with Crippen LogP contribution in [-0.2, 0) is 4.74 Å². The maximum absolute atomic E-state index is 11.3. The number of anilines is 1. The van der Waals surface area contributed by atoms with Crippen molar-refractivity contribution in [3.05, 3.63) is 30.3 Å². The molecule has 0 aliphatic rings. The third kappa shape index (κ3) is 3.47. The van der Waals surface area contributed by atoms with Crippen LogP contribution in [0.15, 0.2) is 30.3 Å². The van der Waals surface area contributed by atoms with Crippen molar-refractivity contribution < 1.29 is 10.9 Å². The van der Waals surface area contributed by atoms with Gasteiger partial charge in [0.15, 0.2) is 0 Å². The summed E-state index contributed by atoms with van der Waals surface area (Å²) < 4.78 is 12.3. The first-order valence-electron chi connectivity index (χ1n) is 5.12. The molecule has 3 heteroatoms. The molecule has 2 atom stereocenters. The van der Waals surface area contributed by atoms with Crippen molar-refractivity contribution in [2.75, 3.05) is 5.32 Å². The van der Waals surface area contributed by atoms with Gasteiger partial charge in [-0.1, -0.05) is 25.1 Å². The minimum absolute atomic E-state index is 0.409. The van der Waals surface area contributed by atoms with E-state index in [1.54, 1.807) is 26.0 Å². The van der Waals surface area contributed by atoms with Crippen molar-refractivity contribution in [1.82, 2.24) is 0 Å². The first-order chi connectivity index (χ1) is 7.09. The van der Waals surface area contributed by atoms with Gasteiger partial charge in [0.05, 0.1) is 0 Å². The second kappa shape index (κ2) is 5.27. The molecule has 1 amide bonds. The Morgan fingerprint density at radius 2 is 2.21 bits per heavy atom. The van der Waals surface area contributed by atoms with Gasteiger partial charge in [0.25, 0.3) is 0 Å². The molecule has 0 fully saturated rings. The number of amides is 1. The minimum Gasteiger partial charge on any atom is -0.446 e. The van der Waals surface area contributed by atoms with Gasteiger partial charge >= 0.3 is 6.09 Å². The van der Waals surface area contributed by atoms with Crippen molar-refractivity contribution in [3.63, 3.8) is 0 Å². The molecule has 1 rings (SSSR count). The normalized spacial score (nSPS) is 15.1. The Kier molecular flexibility index (Phi) is 3.41. The van der Waals surface area contributed by atoms with Gasteiger partial charge in [0, 0.05) is 7.06 Å². The predicted molar refractivity (Wildman–Crippen MR) is 56.3 cm³/mol. The van der Waals surface area contributed by atoms with Gasteiger partial charge in [-0.15, -0.1) is 0 Å². The first-order valence-corrected chi connectivity index (χ1v) is 4.54. The number of hydrogen-bond donors (Lipinski definition) is 1. The number of ether oxygens (including phenoxy) is 1. The number of rotatable bonds is 3. The molecule has 0 aliphatic carbocycles. The predicted octanol–water partition coefficient (Wildman–Crippen LogP) is 3.03. The Bertz CT molecular complexity index is 314. The standard InChI is InChI=1S/C11H15NO2/c1-3-9(2)14-11(13)12-10-7-5-4-6-8-10/h4-9H,3H2,1-2H3,(H,12,13)/t9-/m0/s1/i3D/t3-,9+/m1. The van der Waals surface area contributed by atoms with Crippen LogP contribution in [0.1, 0.15) is 21.6 Å². The molecular weight excluding hydrogens is 178 g/mol. The molecule has 14 heavy (non-hydrogen) atoms. The van der Waals surface area contributed by atoms with Crippen LogP contribution in [-0.4, -0.2) is 12.2 Å². The maximum Gasteiger partial charge on any atom is 0.411 e. The summed E-state index contributed by atoms with van der Waals surface area (Å²) in [6.45, 7) is 3.38. The van der Waals surface area contributed by atoms with Crippen LogP contribution in [0.2, 0.25) is 0 Å². The Morgan fingerprint density at radius 3 is 2.79 bits per heavy atom. The lowest BCUT2D eigenvalue weighted by molar-refractivity contribution is 0.118. The van der Waals surface area contributed by atoms with E-state index < -0.39 is 18.6 Å². The van der Waals surface area contributed by atoms with Crippen molar-refractivity contribution in [2.24, 2.45) is 0 Å². The highest BCUT2D eigenvalue weighted by Crippen LogP contribution is 2.06. The summed E-state index contributed by atoms with van der Waals surface area (Å²) in [5.74, 6) is 0. The Balaban J connectivity index is 2.43. The molecular formula is C11H15NO2. The molecule has 0 bridgehead atoms. The van der Waals surface area contributed by atoms with Crippen LogP contribution in [0.25, 0.3) is 0 Å². The van der Waals surface area contributed by atoms with E-state index in [0.717, 1.165) is 0 Å². The molecule has 0 unspecified atom stereocenters. The highest BCUT2D eigenvalue weighted by atomic mass is 16.6. The average molecular weight is 194 g/mol. The van der Waals surface area contributed by atoms with Gasteiger partial charge in [0.2, 0.25) is 0 Å². The monoisotopic (exact) mass is 194 g/mol. The van der Waals surface area contributed by atoms with E-state index >= 15 is 0 Å². The van der Waals surface area contributed by atoms with Crippen LogP contribution in [0, 0.1) is 0 Å². The molecule has 76 valence electrons. The SMILES string of the molecule is [2H][C@H](C)[C@H](C)OC(=O)Nc1ccccc1. The number of para-hydroxylation sites is 1. The molecule has 0 aromatic heterocycles. The number of nitrogens with one attached hydrogen (secondary N) is 1. The van der Waals surface area contributed by atoms with Gasteiger partial charge in [-0.25, -0.2) is 4.79 Å². The molecule has 1 aromatic carbocycles. The van der Waals surface area contributed by atoms with Crippen molar-refractivity contribution in [3.8, 4) is 0 Å². The van der Waals surface area contributed by atoms with E-state index in [-0.39, 0.29) is 0 Å². The summed E-state index contributed by atoms with van der Waals surface area (Å²) >= 11 is 0. The van der Waals surface area contributed by atoms with E-state index in [9.17, 15) is 4.79 Å². The van der Waals surface area contributed by atoms with E-state index in [4.69, 9.17) is 6.11 Å². The third-order valence-corrected chi connectivity index (χ3v) is 1.78. The zero-order valence-electron chi connectivity index (χ0n) is 9.36. The van der Waals surface area contributed by atoms with Gasteiger partial charge in [0.1, 0.15) is 6.10 Å². The quantitative estimate of drug-likeness (QED) is 0.803. The third-order valence-electron chi connectivity index (χ3n) is 1.78. The fourth-order valence-corrected chi connectivity index (χ4v) is 0.906. The largest absolute Gasteiger partial charge is 0.446 e. The Labute approximate surface area is 85.5 Å². The van der Waals surface area contributed by atoms with E-state index in [1.165, 1.54) is 0 Å². The topological polar surface area (TPSA) is 38.3 Å². The Morgan fingerprint density at radius 1 is 1.57 bits per heavy atom. The second-order valence-electron chi connectivity index (χ2n) is 2.93. The van der Waals surface area contributed by atoms with Crippen LogP contribution in [0.3, 0.4) is 0 Å². The highest BCUT2D eigenvalue weighted by Gasteiger charge is 2.06. The molecule has 0 saturated carbocycles. The summed E-state index contributed by atoms with van der Waals surface area (Å²) in [6, 6.07) is 9.06. The van der Waals surface area contributed by atoms with E-state index in [2.05, 4.69) is 5.32 Å². The summed E-state index contributed by atoms with van der Waals surface area (Å²) in [7, 11) is 0. The maximum atomic E-state index is 11.3. The van der Waals surface area contributed by atoms with Gasteiger partial charge in [-0.3, -0.25) is 5.32 Å². The lowest BCUT2D eigenvalue weighted by atomic mass is 10.3. The smallest absolute Gasteiger partial charge is 0.411 e. The fourth-order valence-electron chi connectivity index (χ4n) is 0.906. The molecule has 0 radical (unpaired) electrons. The van der Waals surface area contributed by atoms with Crippen molar-refractivity contribution in [1.29, 1.82) is 0 Å². The van der Waals surface area contributed by atoms with Gasteiger partial charge in [-0.2, -0.15) is 0 Å². The molecule has 0 saturated heterocycles. The molecule has 0 spiro atoms. The fraction of sp³-hybridized carbons (Fsp3) is 0.364. The number of hydrogen-bond acceptors (Lipinski definition) is 2. The molecule has 1 aromatic rings. The summed E-state index contributed by atoms with van der Waals surface area (Å²) in [4.78, 5) is 11.3. The lowest BCUT2D eigenvalue weighted by Gasteiger charge is -2.11. The molecule has 0 heterocycles. The van der Waals surface area contributed by atoms with Crippen LogP contribution < -0.4 is 5.32 Å². The molecule has 3 nitrogen and oxygen atoms in total. The average Bonchev–Trinajstić information content (AvgIpc) is 2.18. The zero-order valence-corrected chi connectivity index (χ0v) is 8.36. The van der Waals surface area contributed by atoms with Gasteiger partial charge < -0.3 is 4.74 Å². The number of benzene rings is 1. The van der Waals surface area contributed by atoms with Crippen molar-refractivity contribution >= 4 is 11.8 Å². The number of carbonyl (C=O) groups excluding carboxylic acids is 1. The van der Waals surface area contributed by atoms with Crippen LogP contribution in [0.4, 0.5) is 10.5 Å². The summed E-state index contributed by atoms with van der Waals surface area (Å²) in [5.41, 5.74) is 0.687. The van der Waals surface area contributed by atoms with Crippen LogP contribution in [0.5, 0.6) is 0 Å². The van der Waals surface area contributed by atoms with Gasteiger partial charge in [-0.05, 0) is 25.5 Å². The van der Waals surface area contributed by atoms with Crippen LogP contribution >= 0.6 is 0 Å². The molecule has 1 N–H and O–H groups in total. The zero-order chi connectivity index (χ0) is 11.3. The minimum atomic E-state index is -0.521. The number of carbonyl (C=O) groups is 1. The Hall–Kier alpha value is -1.51. The lowest BCUT2D eigenvalue weighted by Crippen LogP contribution is -2.19. The summed E-state index contributed by atoms with van der Waals surface area (Å²) in [6.07, 6.45) is -1.35. The first kappa shape index (κ1) is 9.06. The molecule has 0 aliphatic heterocycles. The summed E-state index contributed by atoms with van der Waals surface area (Å²) in [5, 5.41) is 2.58. The van der Waals surface area contributed by atoms with Crippen molar-refractivity contribution in [2.45, 2.75) is 26.3 Å². The van der Waals surface area contributed by atoms with E-state index in [1.807, 2.05) is 18.2 Å². The second-order valence-corrected chi connectivity index (χ2v) is 2.93. The van der Waals surface area contributed by atoms with E-state index in [0.29, 0.717) is 5.69 Å².